The van der Waals surface area contributed by atoms with Gasteiger partial charge in [0.15, 0.2) is 0 Å². The van der Waals surface area contributed by atoms with Gasteiger partial charge in [-0.3, -0.25) is 0 Å². The number of benzene rings is 2. The van der Waals surface area contributed by atoms with Gasteiger partial charge in [-0.05, 0) is 61.1 Å². The average Bonchev–Trinajstić information content (AvgIpc) is 2.79. The minimum Gasteiger partial charge on any atom is -0.744 e. The SMILES string of the molecule is CCCCCCCc1cccc(S(=O)(=O)[O-])c1.CCCCCCCc1cccc(S(=O)(=O)[O-])c1.[Ca+2]. The van der Waals surface area contributed by atoms with Gasteiger partial charge in [-0.1, -0.05) is 89.5 Å². The van der Waals surface area contributed by atoms with Crippen LogP contribution in [0.4, 0.5) is 0 Å². The van der Waals surface area contributed by atoms with Crippen LogP contribution in [0.5, 0.6) is 0 Å². The van der Waals surface area contributed by atoms with Crippen LogP contribution in [0.2, 0.25) is 0 Å². The normalized spacial score (nSPS) is 11.3. The minimum absolute atomic E-state index is 0. The van der Waals surface area contributed by atoms with Crippen molar-refractivity contribution in [1.82, 2.24) is 0 Å². The van der Waals surface area contributed by atoms with E-state index in [9.17, 15) is 25.9 Å². The van der Waals surface area contributed by atoms with Crippen molar-refractivity contribution in [3.8, 4) is 0 Å². The monoisotopic (exact) mass is 550 g/mol. The van der Waals surface area contributed by atoms with E-state index in [4.69, 9.17) is 0 Å². The van der Waals surface area contributed by atoms with Gasteiger partial charge in [0.2, 0.25) is 0 Å². The Morgan fingerprint density at radius 1 is 0.571 bits per heavy atom. The quantitative estimate of drug-likeness (QED) is 0.166. The molecule has 0 bridgehead atoms. The number of aryl methyl sites for hydroxylation is 2. The van der Waals surface area contributed by atoms with Crippen molar-refractivity contribution in [1.29, 1.82) is 0 Å². The fourth-order valence-electron chi connectivity index (χ4n) is 3.58. The van der Waals surface area contributed by atoms with Crippen LogP contribution >= 0.6 is 0 Å². The molecule has 0 radical (unpaired) electrons. The largest absolute Gasteiger partial charge is 2.00 e. The molecule has 35 heavy (non-hydrogen) atoms. The second-order valence-electron chi connectivity index (χ2n) is 8.53. The molecule has 0 fully saturated rings. The van der Waals surface area contributed by atoms with Gasteiger partial charge in [-0.15, -0.1) is 0 Å². The summed E-state index contributed by atoms with van der Waals surface area (Å²) in [5.74, 6) is 0. The molecule has 0 spiro atoms. The molecule has 0 unspecified atom stereocenters. The zero-order valence-corrected chi connectivity index (χ0v) is 24.9. The summed E-state index contributed by atoms with van der Waals surface area (Å²) in [5.41, 5.74) is 1.86. The number of hydrogen-bond donors (Lipinski definition) is 0. The van der Waals surface area contributed by atoms with Crippen LogP contribution in [-0.2, 0) is 33.1 Å². The zero-order chi connectivity index (χ0) is 25.5. The first-order chi connectivity index (χ1) is 16.1. The van der Waals surface area contributed by atoms with E-state index in [-0.39, 0.29) is 47.5 Å². The fraction of sp³-hybridized carbons (Fsp3) is 0.538. The van der Waals surface area contributed by atoms with E-state index in [1.54, 1.807) is 12.1 Å². The van der Waals surface area contributed by atoms with Crippen molar-refractivity contribution in [3.05, 3.63) is 59.7 Å². The molecule has 0 aromatic heterocycles. The summed E-state index contributed by atoms with van der Waals surface area (Å²) < 4.78 is 65.1. The molecule has 0 N–H and O–H groups in total. The van der Waals surface area contributed by atoms with Gasteiger partial charge in [0.1, 0.15) is 20.2 Å². The van der Waals surface area contributed by atoms with Crippen molar-refractivity contribution < 1.29 is 25.9 Å². The maximum absolute atomic E-state index is 10.8. The van der Waals surface area contributed by atoms with Crippen molar-refractivity contribution in [3.63, 3.8) is 0 Å². The topological polar surface area (TPSA) is 114 Å². The van der Waals surface area contributed by atoms with Crippen molar-refractivity contribution >= 4 is 58.0 Å². The first-order valence-corrected chi connectivity index (χ1v) is 15.0. The molecule has 2 aromatic carbocycles. The molecule has 192 valence electrons. The second kappa shape index (κ2) is 18.7. The Hall–Kier alpha value is -0.480. The maximum atomic E-state index is 10.8. The van der Waals surface area contributed by atoms with Crippen LogP contribution in [0.25, 0.3) is 0 Å². The Morgan fingerprint density at radius 2 is 0.914 bits per heavy atom. The molecule has 0 aliphatic rings. The molecule has 0 aliphatic carbocycles. The summed E-state index contributed by atoms with van der Waals surface area (Å²) >= 11 is 0. The molecule has 0 atom stereocenters. The molecule has 2 rings (SSSR count). The standard InChI is InChI=1S/2C13H20O3S.Ca/c2*1-2-3-4-5-6-8-12-9-7-10-13(11-12)17(14,15)16;/h2*7,9-11H,2-6,8H2,1H3,(H,14,15,16);/q;;+2/p-2. The summed E-state index contributed by atoms with van der Waals surface area (Å²) in [6.45, 7) is 4.34. The zero-order valence-electron chi connectivity index (χ0n) is 21.1. The summed E-state index contributed by atoms with van der Waals surface area (Å²) in [6, 6.07) is 12.7. The Bertz CT molecular complexity index is 968. The van der Waals surface area contributed by atoms with E-state index in [1.807, 2.05) is 12.1 Å². The van der Waals surface area contributed by atoms with Crippen LogP contribution in [0, 0.1) is 0 Å². The van der Waals surface area contributed by atoms with Gasteiger partial charge >= 0.3 is 37.7 Å². The van der Waals surface area contributed by atoms with Gasteiger partial charge in [0.25, 0.3) is 0 Å². The molecule has 0 saturated heterocycles. The molecule has 6 nitrogen and oxygen atoms in total. The van der Waals surface area contributed by atoms with Gasteiger partial charge in [0, 0.05) is 0 Å². The minimum atomic E-state index is -4.31. The van der Waals surface area contributed by atoms with Crippen LogP contribution in [-0.4, -0.2) is 63.7 Å². The van der Waals surface area contributed by atoms with E-state index in [2.05, 4.69) is 13.8 Å². The first-order valence-electron chi connectivity index (χ1n) is 12.2. The van der Waals surface area contributed by atoms with Gasteiger partial charge in [-0.25, -0.2) is 16.8 Å². The molecule has 0 aliphatic heterocycles. The van der Waals surface area contributed by atoms with E-state index >= 15 is 0 Å². The summed E-state index contributed by atoms with van der Waals surface area (Å²) in [7, 11) is -8.63. The maximum Gasteiger partial charge on any atom is 2.00 e. The third-order valence-electron chi connectivity index (χ3n) is 5.51. The molecule has 0 amide bonds. The van der Waals surface area contributed by atoms with Crippen LogP contribution in [0.15, 0.2) is 58.3 Å². The van der Waals surface area contributed by atoms with Gasteiger partial charge in [0.05, 0.1) is 9.79 Å². The van der Waals surface area contributed by atoms with Gasteiger partial charge < -0.3 is 9.11 Å². The van der Waals surface area contributed by atoms with Crippen molar-refractivity contribution in [2.24, 2.45) is 0 Å². The predicted octanol–water partition coefficient (Wildman–Crippen LogP) is 5.83. The van der Waals surface area contributed by atoms with E-state index in [0.717, 1.165) is 49.7 Å². The Balaban J connectivity index is 0.000000642. The summed E-state index contributed by atoms with van der Waals surface area (Å²) in [4.78, 5) is -0.243. The first kappa shape index (κ1) is 34.5. The molecule has 0 saturated carbocycles. The van der Waals surface area contributed by atoms with Crippen LogP contribution in [0.3, 0.4) is 0 Å². The third-order valence-corrected chi connectivity index (χ3v) is 7.17. The van der Waals surface area contributed by atoms with E-state index in [1.165, 1.54) is 62.8 Å². The van der Waals surface area contributed by atoms with E-state index < -0.39 is 20.2 Å². The smallest absolute Gasteiger partial charge is 0.744 e. The van der Waals surface area contributed by atoms with E-state index in [0.29, 0.717) is 0 Å². The van der Waals surface area contributed by atoms with Crippen LogP contribution < -0.4 is 0 Å². The summed E-state index contributed by atoms with van der Waals surface area (Å²) in [5, 5.41) is 0. The second-order valence-corrected chi connectivity index (χ2v) is 11.3. The molecular formula is C26H38CaO6S2. The van der Waals surface area contributed by atoms with Crippen molar-refractivity contribution in [2.75, 3.05) is 0 Å². The summed E-state index contributed by atoms with van der Waals surface area (Å²) in [6.07, 6.45) is 13.4. The number of unbranched alkanes of at least 4 members (excludes halogenated alkanes) is 8. The molecule has 2 aromatic rings. The Morgan fingerprint density at radius 3 is 1.23 bits per heavy atom. The fourth-order valence-corrected chi connectivity index (χ4v) is 4.66. The van der Waals surface area contributed by atoms with Crippen molar-refractivity contribution in [2.45, 2.75) is 101 Å². The molecular weight excluding hydrogens is 512 g/mol. The number of rotatable bonds is 14. The van der Waals surface area contributed by atoms with Crippen LogP contribution in [0.1, 0.15) is 89.2 Å². The molecule has 9 heteroatoms. The Labute approximate surface area is 242 Å². The van der Waals surface area contributed by atoms with Gasteiger partial charge in [-0.2, -0.15) is 0 Å². The number of hydrogen-bond acceptors (Lipinski definition) is 6. The molecule has 0 heterocycles. The predicted molar refractivity (Wildman–Crippen MR) is 139 cm³/mol. The average molecular weight is 551 g/mol. The Kier molecular flexibility index (Phi) is 18.5. The third kappa shape index (κ3) is 16.1.